The number of para-hydroxylation sites is 2. The number of nitrogens with one attached hydrogen (secondary N) is 1. The summed E-state index contributed by atoms with van der Waals surface area (Å²) in [7, 11) is -2.78. The van der Waals surface area contributed by atoms with Gasteiger partial charge in [-0.25, -0.2) is 8.42 Å². The third-order valence-corrected chi connectivity index (χ3v) is 8.90. The topological polar surface area (TPSA) is 96.0 Å². The normalized spacial score (nSPS) is 11.9. The van der Waals surface area contributed by atoms with Gasteiger partial charge in [0.2, 0.25) is 11.8 Å². The van der Waals surface area contributed by atoms with E-state index in [1.54, 1.807) is 67.6 Å². The summed E-state index contributed by atoms with van der Waals surface area (Å²) in [4.78, 5) is 28.8. The average molecular weight is 621 g/mol. The molecule has 0 radical (unpaired) electrons. The lowest BCUT2D eigenvalue weighted by Gasteiger charge is -2.33. The average Bonchev–Trinajstić information content (AvgIpc) is 2.97. The summed E-state index contributed by atoms with van der Waals surface area (Å²) in [5.74, 6) is -0.635. The van der Waals surface area contributed by atoms with Crippen molar-refractivity contribution in [3.63, 3.8) is 0 Å². The van der Waals surface area contributed by atoms with Crippen LogP contribution in [-0.2, 0) is 26.2 Å². The number of carbonyl (C=O) groups excluding carboxylic acids is 2. The lowest BCUT2D eigenvalue weighted by atomic mass is 10.1. The minimum atomic E-state index is -4.21. The number of hydrogen-bond donors (Lipinski definition) is 1. The summed E-state index contributed by atoms with van der Waals surface area (Å²) >= 11 is 12.5. The van der Waals surface area contributed by atoms with Gasteiger partial charge in [0, 0.05) is 23.1 Å². The van der Waals surface area contributed by atoms with Gasteiger partial charge in [-0.05, 0) is 54.8 Å². The Bertz CT molecular complexity index is 1440. The fraction of sp³-hybridized carbons (Fsp3) is 0.333. The van der Waals surface area contributed by atoms with Gasteiger partial charge in [-0.1, -0.05) is 79.9 Å². The molecule has 0 unspecified atom stereocenters. The maximum atomic E-state index is 14.2. The van der Waals surface area contributed by atoms with E-state index in [-0.39, 0.29) is 28.8 Å². The van der Waals surface area contributed by atoms with Crippen molar-refractivity contribution in [2.24, 2.45) is 0 Å². The zero-order chi connectivity index (χ0) is 30.0. The van der Waals surface area contributed by atoms with E-state index in [4.69, 9.17) is 27.9 Å². The summed E-state index contributed by atoms with van der Waals surface area (Å²) in [5.41, 5.74) is 0.760. The predicted octanol–water partition coefficient (Wildman–Crippen LogP) is 5.92. The summed E-state index contributed by atoms with van der Waals surface area (Å²) < 4.78 is 34.4. The van der Waals surface area contributed by atoms with Crippen LogP contribution in [0, 0.1) is 0 Å². The standard InChI is InChI=1S/C30H35Cl2N3O5S/c1-4-6-18-33-30(37)26(5-2)34(20-22-16-17-23(31)19-25(22)32)29(36)21-35(27-14-10-11-15-28(27)40-3)41(38,39)24-12-8-7-9-13-24/h7-17,19,26H,4-6,18,20-21H2,1-3H3,(H,33,37)/t26-/m0/s1. The molecule has 0 aliphatic heterocycles. The van der Waals surface area contributed by atoms with Gasteiger partial charge >= 0.3 is 0 Å². The second-order valence-corrected chi connectivity index (χ2v) is 12.0. The number of halogens is 2. The highest BCUT2D eigenvalue weighted by Gasteiger charge is 2.34. The number of ether oxygens (including phenoxy) is 1. The first-order chi connectivity index (χ1) is 19.6. The molecule has 0 spiro atoms. The molecule has 41 heavy (non-hydrogen) atoms. The minimum Gasteiger partial charge on any atom is -0.495 e. The van der Waals surface area contributed by atoms with Crippen molar-refractivity contribution < 1.29 is 22.7 Å². The first kappa shape index (κ1) is 32.2. The number of sulfonamides is 1. The molecule has 3 aromatic carbocycles. The molecule has 0 aliphatic carbocycles. The molecular formula is C30H35Cl2N3O5S. The Balaban J connectivity index is 2.08. The number of anilines is 1. The van der Waals surface area contributed by atoms with Crippen LogP contribution in [0.2, 0.25) is 10.0 Å². The van der Waals surface area contributed by atoms with E-state index in [2.05, 4.69) is 5.32 Å². The van der Waals surface area contributed by atoms with Crippen LogP contribution in [0.1, 0.15) is 38.7 Å². The molecule has 1 atom stereocenters. The molecule has 0 aromatic heterocycles. The van der Waals surface area contributed by atoms with Crippen LogP contribution < -0.4 is 14.4 Å². The lowest BCUT2D eigenvalue weighted by molar-refractivity contribution is -0.140. The first-order valence-corrected chi connectivity index (χ1v) is 15.6. The fourth-order valence-corrected chi connectivity index (χ4v) is 6.24. The van der Waals surface area contributed by atoms with Crippen LogP contribution in [0.3, 0.4) is 0 Å². The Kier molecular flexibility index (Phi) is 11.9. The van der Waals surface area contributed by atoms with Gasteiger partial charge in [0.25, 0.3) is 10.0 Å². The van der Waals surface area contributed by atoms with Crippen LogP contribution in [-0.4, -0.2) is 51.4 Å². The molecule has 0 bridgehead atoms. The molecule has 220 valence electrons. The molecule has 0 fully saturated rings. The number of unbranched alkanes of at least 4 members (excludes halogenated alkanes) is 1. The van der Waals surface area contributed by atoms with E-state index in [1.165, 1.54) is 24.1 Å². The third-order valence-electron chi connectivity index (χ3n) is 6.54. The molecule has 8 nitrogen and oxygen atoms in total. The van der Waals surface area contributed by atoms with Gasteiger partial charge in [0.05, 0.1) is 17.7 Å². The van der Waals surface area contributed by atoms with Crippen LogP contribution in [0.4, 0.5) is 5.69 Å². The van der Waals surface area contributed by atoms with Crippen LogP contribution >= 0.6 is 23.2 Å². The number of carbonyl (C=O) groups is 2. The molecule has 11 heteroatoms. The second kappa shape index (κ2) is 15.1. The number of methoxy groups -OCH3 is 1. The lowest BCUT2D eigenvalue weighted by Crippen LogP contribution is -2.52. The maximum absolute atomic E-state index is 14.2. The summed E-state index contributed by atoms with van der Waals surface area (Å²) in [6, 6.07) is 18.4. The zero-order valence-corrected chi connectivity index (χ0v) is 25.7. The molecule has 3 rings (SSSR count). The van der Waals surface area contributed by atoms with E-state index in [1.807, 2.05) is 6.92 Å². The molecule has 3 aromatic rings. The van der Waals surface area contributed by atoms with Gasteiger partial charge in [-0.3, -0.25) is 13.9 Å². The Hall–Kier alpha value is -3.27. The van der Waals surface area contributed by atoms with Gasteiger partial charge < -0.3 is 15.0 Å². The number of amides is 2. The number of benzene rings is 3. The van der Waals surface area contributed by atoms with E-state index in [0.29, 0.717) is 28.6 Å². The van der Waals surface area contributed by atoms with Crippen molar-refractivity contribution in [3.05, 3.63) is 88.4 Å². The number of hydrogen-bond acceptors (Lipinski definition) is 5. The van der Waals surface area contributed by atoms with Crippen molar-refractivity contribution >= 4 is 50.7 Å². The third kappa shape index (κ3) is 8.15. The molecule has 0 heterocycles. The Morgan fingerprint density at radius 2 is 1.66 bits per heavy atom. The van der Waals surface area contributed by atoms with Gasteiger partial charge in [-0.15, -0.1) is 0 Å². The summed E-state index contributed by atoms with van der Waals surface area (Å²) in [6.45, 7) is 3.67. The SMILES string of the molecule is CCCCNC(=O)[C@H](CC)N(Cc1ccc(Cl)cc1Cl)C(=O)CN(c1ccccc1OC)S(=O)(=O)c1ccccc1. The second-order valence-electron chi connectivity index (χ2n) is 9.32. The number of nitrogens with zero attached hydrogens (tertiary/aromatic N) is 2. The molecule has 0 saturated carbocycles. The van der Waals surface area contributed by atoms with Gasteiger partial charge in [0.15, 0.2) is 0 Å². The Labute approximate surface area is 252 Å². The highest BCUT2D eigenvalue weighted by atomic mass is 35.5. The fourth-order valence-electron chi connectivity index (χ4n) is 4.33. The largest absolute Gasteiger partial charge is 0.495 e. The van der Waals surface area contributed by atoms with Gasteiger partial charge in [0.1, 0.15) is 18.3 Å². The van der Waals surface area contributed by atoms with Crippen molar-refractivity contribution in [3.8, 4) is 5.75 Å². The van der Waals surface area contributed by atoms with Crippen LogP contribution in [0.25, 0.3) is 0 Å². The predicted molar refractivity (Wildman–Crippen MR) is 163 cm³/mol. The highest BCUT2D eigenvalue weighted by molar-refractivity contribution is 7.92. The van der Waals surface area contributed by atoms with Crippen LogP contribution in [0.15, 0.2) is 77.7 Å². The molecule has 1 N–H and O–H groups in total. The van der Waals surface area contributed by atoms with E-state index >= 15 is 0 Å². The van der Waals surface area contributed by atoms with E-state index < -0.39 is 28.5 Å². The molecule has 2 amide bonds. The van der Waals surface area contributed by atoms with Crippen molar-refractivity contribution in [1.29, 1.82) is 0 Å². The van der Waals surface area contributed by atoms with Crippen molar-refractivity contribution in [2.75, 3.05) is 24.5 Å². The molecular weight excluding hydrogens is 585 g/mol. The van der Waals surface area contributed by atoms with E-state index in [9.17, 15) is 18.0 Å². The van der Waals surface area contributed by atoms with Crippen molar-refractivity contribution in [1.82, 2.24) is 10.2 Å². The van der Waals surface area contributed by atoms with Crippen LogP contribution in [0.5, 0.6) is 5.75 Å². The quantitative estimate of drug-likeness (QED) is 0.226. The molecule has 0 aliphatic rings. The first-order valence-electron chi connectivity index (χ1n) is 13.4. The molecule has 0 saturated heterocycles. The smallest absolute Gasteiger partial charge is 0.264 e. The monoisotopic (exact) mass is 619 g/mol. The highest BCUT2D eigenvalue weighted by Crippen LogP contribution is 2.33. The zero-order valence-electron chi connectivity index (χ0n) is 23.3. The van der Waals surface area contributed by atoms with Crippen molar-refractivity contribution in [2.45, 2.75) is 50.6 Å². The maximum Gasteiger partial charge on any atom is 0.264 e. The summed E-state index contributed by atoms with van der Waals surface area (Å²) in [5, 5.41) is 3.66. The Morgan fingerprint density at radius 1 is 0.976 bits per heavy atom. The Morgan fingerprint density at radius 3 is 2.29 bits per heavy atom. The van der Waals surface area contributed by atoms with E-state index in [0.717, 1.165) is 17.1 Å². The van der Waals surface area contributed by atoms with Gasteiger partial charge in [-0.2, -0.15) is 0 Å². The number of rotatable bonds is 14. The minimum absolute atomic E-state index is 0.00959. The summed E-state index contributed by atoms with van der Waals surface area (Å²) in [6.07, 6.45) is 1.98.